The number of nitrogens with two attached hydrogens (primary N) is 1. The third-order valence-electron chi connectivity index (χ3n) is 5.41. The van der Waals surface area contributed by atoms with E-state index >= 15 is 0 Å². The Morgan fingerprint density at radius 1 is 0.950 bits per heavy atom. The lowest BCUT2D eigenvalue weighted by molar-refractivity contribution is -0.274. The van der Waals surface area contributed by atoms with Crippen LogP contribution in [-0.2, 0) is 16.6 Å². The fraction of sp³-hybridized carbons (Fsp3) is 0.240. The minimum atomic E-state index is -5.03. The number of hydrogen-bond donors (Lipinski definition) is 3. The number of hydrogen-bond acceptors (Lipinski definition) is 7. The first-order valence-electron chi connectivity index (χ1n) is 11.3. The Hall–Kier alpha value is -3.95. The molecule has 0 spiro atoms. The average molecular weight is 590 g/mol. The normalized spacial score (nSPS) is 11.8. The molecule has 0 saturated carbocycles. The number of anilines is 1. The van der Waals surface area contributed by atoms with Crippen LogP contribution < -0.4 is 30.0 Å². The van der Waals surface area contributed by atoms with Crippen LogP contribution in [0.25, 0.3) is 11.1 Å². The van der Waals surface area contributed by atoms with Crippen molar-refractivity contribution < 1.29 is 49.4 Å². The van der Waals surface area contributed by atoms with E-state index in [-0.39, 0.29) is 50.9 Å². The highest BCUT2D eigenvalue weighted by Gasteiger charge is 2.33. The third-order valence-corrected chi connectivity index (χ3v) is 6.36. The molecular formula is C25H24F5N3O6S. The van der Waals surface area contributed by atoms with Gasteiger partial charge in [-0.1, -0.05) is 6.07 Å². The van der Waals surface area contributed by atoms with E-state index in [1.54, 1.807) is 0 Å². The Kier molecular flexibility index (Phi) is 9.55. The van der Waals surface area contributed by atoms with Gasteiger partial charge in [-0.25, -0.2) is 22.3 Å². The summed E-state index contributed by atoms with van der Waals surface area (Å²) >= 11 is 0. The van der Waals surface area contributed by atoms with E-state index in [1.807, 2.05) is 0 Å². The molecule has 0 aliphatic rings. The van der Waals surface area contributed by atoms with Gasteiger partial charge in [0.05, 0.1) is 20.8 Å². The van der Waals surface area contributed by atoms with Crippen molar-refractivity contribution in [1.82, 2.24) is 5.32 Å². The fourth-order valence-electron chi connectivity index (χ4n) is 3.70. The van der Waals surface area contributed by atoms with Crippen LogP contribution in [0.5, 0.6) is 17.2 Å². The number of methoxy groups -OCH3 is 2. The van der Waals surface area contributed by atoms with E-state index < -0.39 is 41.0 Å². The average Bonchev–Trinajstić information content (AvgIpc) is 2.86. The number of alkyl halides is 5. The minimum absolute atomic E-state index is 0.0257. The zero-order valence-corrected chi connectivity index (χ0v) is 21.8. The molecule has 0 aliphatic heterocycles. The van der Waals surface area contributed by atoms with Crippen LogP contribution in [0.3, 0.4) is 0 Å². The minimum Gasteiger partial charge on any atom is -0.497 e. The number of sulfonamides is 1. The molecule has 216 valence electrons. The van der Waals surface area contributed by atoms with Crippen molar-refractivity contribution >= 4 is 21.6 Å². The van der Waals surface area contributed by atoms with Gasteiger partial charge >= 0.3 is 6.36 Å². The molecule has 0 bridgehead atoms. The number of nitrogens with one attached hydrogen (secondary N) is 2. The number of primary sulfonamides is 1. The summed E-state index contributed by atoms with van der Waals surface area (Å²) in [5, 5.41) is 10.2. The molecule has 40 heavy (non-hydrogen) atoms. The molecule has 0 heterocycles. The lowest BCUT2D eigenvalue weighted by atomic mass is 9.96. The molecule has 3 aromatic rings. The third kappa shape index (κ3) is 8.03. The van der Waals surface area contributed by atoms with Gasteiger partial charge in [-0.05, 0) is 47.5 Å². The van der Waals surface area contributed by atoms with Gasteiger partial charge in [0.2, 0.25) is 10.0 Å². The highest BCUT2D eigenvalue weighted by molar-refractivity contribution is 7.89. The van der Waals surface area contributed by atoms with Crippen LogP contribution >= 0.6 is 0 Å². The predicted molar refractivity (Wildman–Crippen MR) is 135 cm³/mol. The van der Waals surface area contributed by atoms with Gasteiger partial charge in [0.1, 0.15) is 22.1 Å². The van der Waals surface area contributed by atoms with E-state index in [4.69, 9.17) is 14.6 Å². The summed E-state index contributed by atoms with van der Waals surface area (Å²) in [5.41, 5.74) is 0.542. The maximum absolute atomic E-state index is 13.1. The molecule has 0 aromatic heterocycles. The predicted octanol–water partition coefficient (Wildman–Crippen LogP) is 4.52. The van der Waals surface area contributed by atoms with Gasteiger partial charge in [-0.15, -0.1) is 13.2 Å². The molecule has 0 unspecified atom stereocenters. The first-order valence-corrected chi connectivity index (χ1v) is 12.8. The van der Waals surface area contributed by atoms with Crippen LogP contribution in [0.15, 0.2) is 59.5 Å². The Morgan fingerprint density at radius 3 is 2.25 bits per heavy atom. The number of carbonyl (C=O) groups is 1. The standard InChI is InChI=1S/C25H24F5N3O6S/c1-37-17-5-7-19(20(11-17)39-25(28,29)30)18-6-3-14(9-15(18)12-32-13-23(26)27)24(34)33-16-4-8-22(40(31,35)36)21(10-16)38-2/h3-11,23,32H,12-13H2,1-2H3,(H,33,34)(H2,31,35,36). The quantitative estimate of drug-likeness (QED) is 0.281. The molecule has 1 amide bonds. The topological polar surface area (TPSA) is 129 Å². The molecule has 0 atom stereocenters. The summed E-state index contributed by atoms with van der Waals surface area (Å²) in [6.07, 6.45) is -7.73. The Balaban J connectivity index is 2.01. The summed E-state index contributed by atoms with van der Waals surface area (Å²) in [4.78, 5) is 12.7. The van der Waals surface area contributed by atoms with Crippen LogP contribution in [0.1, 0.15) is 15.9 Å². The number of halogens is 5. The van der Waals surface area contributed by atoms with E-state index in [0.29, 0.717) is 0 Å². The summed E-state index contributed by atoms with van der Waals surface area (Å²) in [7, 11) is -1.63. The van der Waals surface area contributed by atoms with Crippen LogP contribution in [-0.4, -0.2) is 47.9 Å². The highest BCUT2D eigenvalue weighted by Crippen LogP contribution is 2.38. The maximum atomic E-state index is 13.1. The number of carbonyl (C=O) groups excluding carboxylic acids is 1. The molecule has 3 aromatic carbocycles. The molecule has 0 radical (unpaired) electrons. The second kappa shape index (κ2) is 12.5. The molecule has 15 heteroatoms. The van der Waals surface area contributed by atoms with Crippen molar-refractivity contribution in [2.75, 3.05) is 26.1 Å². The lowest BCUT2D eigenvalue weighted by Gasteiger charge is -2.18. The lowest BCUT2D eigenvalue weighted by Crippen LogP contribution is -2.22. The van der Waals surface area contributed by atoms with Crippen molar-refractivity contribution in [3.05, 3.63) is 65.7 Å². The van der Waals surface area contributed by atoms with E-state index in [9.17, 15) is 35.2 Å². The molecular weight excluding hydrogens is 565 g/mol. The summed E-state index contributed by atoms with van der Waals surface area (Å²) in [6, 6.07) is 11.4. The number of ether oxygens (including phenoxy) is 3. The molecule has 9 nitrogen and oxygen atoms in total. The van der Waals surface area contributed by atoms with E-state index in [1.165, 1.54) is 56.7 Å². The van der Waals surface area contributed by atoms with Crippen LogP contribution in [0.2, 0.25) is 0 Å². The zero-order chi connectivity index (χ0) is 29.7. The Labute approximate surface area is 226 Å². The summed E-state index contributed by atoms with van der Waals surface area (Å²) < 4.78 is 102. The Bertz CT molecular complexity index is 1480. The van der Waals surface area contributed by atoms with Crippen molar-refractivity contribution in [1.29, 1.82) is 0 Å². The van der Waals surface area contributed by atoms with E-state index in [2.05, 4.69) is 15.4 Å². The SMILES string of the molecule is COc1ccc(-c2ccc(C(=O)Nc3ccc(S(N)(=O)=O)c(OC)c3)cc2CNCC(F)F)c(OC(F)(F)F)c1. The number of benzene rings is 3. The second-order valence-electron chi connectivity index (χ2n) is 8.17. The molecule has 0 aliphatic carbocycles. The van der Waals surface area contributed by atoms with Gasteiger partial charge in [-0.3, -0.25) is 4.79 Å². The molecule has 4 N–H and O–H groups in total. The largest absolute Gasteiger partial charge is 0.573 e. The number of amides is 1. The smallest absolute Gasteiger partial charge is 0.497 e. The maximum Gasteiger partial charge on any atom is 0.573 e. The first kappa shape index (κ1) is 30.6. The number of rotatable bonds is 11. The molecule has 0 fully saturated rings. The van der Waals surface area contributed by atoms with Crippen LogP contribution in [0.4, 0.5) is 27.6 Å². The van der Waals surface area contributed by atoms with Gasteiger partial charge in [0, 0.05) is 35.5 Å². The molecule has 3 rings (SSSR count). The van der Waals surface area contributed by atoms with Gasteiger partial charge in [0.15, 0.2) is 0 Å². The van der Waals surface area contributed by atoms with Gasteiger partial charge in [0.25, 0.3) is 12.3 Å². The van der Waals surface area contributed by atoms with Crippen LogP contribution in [0, 0.1) is 0 Å². The highest BCUT2D eigenvalue weighted by atomic mass is 32.2. The van der Waals surface area contributed by atoms with Gasteiger partial charge < -0.3 is 24.8 Å². The Morgan fingerprint density at radius 2 is 1.65 bits per heavy atom. The summed E-state index contributed by atoms with van der Waals surface area (Å²) in [6.45, 7) is -0.935. The fourth-order valence-corrected chi connectivity index (χ4v) is 4.39. The van der Waals surface area contributed by atoms with Crippen molar-refractivity contribution in [2.24, 2.45) is 5.14 Å². The van der Waals surface area contributed by atoms with Gasteiger partial charge in [-0.2, -0.15) is 0 Å². The van der Waals surface area contributed by atoms with Crippen molar-refractivity contribution in [3.63, 3.8) is 0 Å². The van der Waals surface area contributed by atoms with Crippen molar-refractivity contribution in [2.45, 2.75) is 24.2 Å². The van der Waals surface area contributed by atoms with E-state index in [0.717, 1.165) is 12.1 Å². The zero-order valence-electron chi connectivity index (χ0n) is 21.0. The van der Waals surface area contributed by atoms with Crippen molar-refractivity contribution in [3.8, 4) is 28.4 Å². The first-order chi connectivity index (χ1) is 18.7. The monoisotopic (exact) mass is 589 g/mol. The molecule has 0 saturated heterocycles. The second-order valence-corrected chi connectivity index (χ2v) is 9.70. The summed E-state index contributed by atoms with van der Waals surface area (Å²) in [5.74, 6) is -1.32.